The number of aromatic nitrogens is 1. The molecule has 2 heterocycles. The minimum atomic E-state index is -3.49. The number of amides is 1. The van der Waals surface area contributed by atoms with Crippen molar-refractivity contribution >= 4 is 56.1 Å². The molecule has 1 fully saturated rings. The minimum Gasteiger partial charge on any atom is -0.495 e. The predicted molar refractivity (Wildman–Crippen MR) is 143 cm³/mol. The van der Waals surface area contributed by atoms with Crippen molar-refractivity contribution < 1.29 is 17.9 Å². The zero-order valence-electron chi connectivity index (χ0n) is 20.0. The fraction of sp³-hybridized carbons (Fsp3) is 0.280. The van der Waals surface area contributed by atoms with Gasteiger partial charge in [-0.2, -0.15) is 0 Å². The molecule has 4 rings (SSSR count). The van der Waals surface area contributed by atoms with Crippen molar-refractivity contribution in [2.75, 3.05) is 41.8 Å². The van der Waals surface area contributed by atoms with Crippen molar-refractivity contribution in [2.45, 2.75) is 19.3 Å². The van der Waals surface area contributed by atoms with Gasteiger partial charge in [0.25, 0.3) is 5.91 Å². The van der Waals surface area contributed by atoms with E-state index in [1.807, 2.05) is 4.90 Å². The maximum absolute atomic E-state index is 13.1. The molecular weight excluding hydrogens is 502 g/mol. The summed E-state index contributed by atoms with van der Waals surface area (Å²) in [6.45, 7) is 1.50. The van der Waals surface area contributed by atoms with Gasteiger partial charge in [0.1, 0.15) is 5.75 Å². The first-order valence-corrected chi connectivity index (χ1v) is 13.7. The lowest BCUT2D eigenvalue weighted by Crippen LogP contribution is -2.35. The number of ether oxygens (including phenoxy) is 1. The Morgan fingerprint density at radius 3 is 2.39 bits per heavy atom. The molecule has 0 bridgehead atoms. The number of hydrogen-bond acceptors (Lipinski definition) is 7. The molecule has 2 aromatic carbocycles. The Labute approximate surface area is 215 Å². The number of nitrogens with one attached hydrogen (secondary N) is 3. The number of piperidine rings is 1. The van der Waals surface area contributed by atoms with Crippen LogP contribution in [0.3, 0.4) is 0 Å². The SMILES string of the molecule is COc1ccc(C(=O)N2CCCCC2)cc1Nc1ncc(Cl)cc1Nc1ccccc1NS(C)(=O)=O. The maximum Gasteiger partial charge on any atom is 0.253 e. The van der Waals surface area contributed by atoms with Crippen molar-refractivity contribution in [1.82, 2.24) is 9.88 Å². The Kier molecular flexibility index (Phi) is 7.85. The molecule has 1 aliphatic heterocycles. The molecule has 1 aromatic heterocycles. The average molecular weight is 530 g/mol. The van der Waals surface area contributed by atoms with Gasteiger partial charge in [0.15, 0.2) is 5.82 Å². The molecule has 190 valence electrons. The summed E-state index contributed by atoms with van der Waals surface area (Å²) in [7, 11) is -1.94. The molecule has 9 nitrogen and oxygen atoms in total. The summed E-state index contributed by atoms with van der Waals surface area (Å²) in [6, 6.07) is 13.8. The zero-order valence-corrected chi connectivity index (χ0v) is 21.6. The molecule has 1 saturated heterocycles. The van der Waals surface area contributed by atoms with Gasteiger partial charge in [-0.15, -0.1) is 0 Å². The second-order valence-electron chi connectivity index (χ2n) is 8.49. The number of carbonyl (C=O) groups excluding carboxylic acids is 1. The van der Waals surface area contributed by atoms with Gasteiger partial charge >= 0.3 is 0 Å². The summed E-state index contributed by atoms with van der Waals surface area (Å²) in [4.78, 5) is 19.4. The van der Waals surface area contributed by atoms with Crippen LogP contribution in [0.5, 0.6) is 5.75 Å². The van der Waals surface area contributed by atoms with Crippen molar-refractivity contribution in [3.8, 4) is 5.75 Å². The van der Waals surface area contributed by atoms with Crippen LogP contribution >= 0.6 is 11.6 Å². The normalized spacial score (nSPS) is 13.7. The Bertz CT molecular complexity index is 1360. The Balaban J connectivity index is 1.65. The minimum absolute atomic E-state index is 0.0245. The van der Waals surface area contributed by atoms with E-state index in [0.717, 1.165) is 38.6 Å². The van der Waals surface area contributed by atoms with E-state index in [1.165, 1.54) is 6.20 Å². The van der Waals surface area contributed by atoms with E-state index < -0.39 is 10.0 Å². The predicted octanol–water partition coefficient (Wildman–Crippen LogP) is 5.23. The van der Waals surface area contributed by atoms with E-state index in [4.69, 9.17) is 16.3 Å². The second kappa shape index (κ2) is 11.0. The summed E-state index contributed by atoms with van der Waals surface area (Å²) in [6.07, 6.45) is 5.73. The number of benzene rings is 2. The van der Waals surface area contributed by atoms with Gasteiger partial charge in [-0.1, -0.05) is 23.7 Å². The highest BCUT2D eigenvalue weighted by Gasteiger charge is 2.20. The summed E-state index contributed by atoms with van der Waals surface area (Å²) in [5.41, 5.74) is 2.49. The first kappa shape index (κ1) is 25.6. The van der Waals surface area contributed by atoms with Crippen LogP contribution in [0.25, 0.3) is 0 Å². The Hall–Kier alpha value is -3.50. The number of carbonyl (C=O) groups is 1. The van der Waals surface area contributed by atoms with Crippen molar-refractivity contribution in [2.24, 2.45) is 0 Å². The molecule has 11 heteroatoms. The van der Waals surface area contributed by atoms with Crippen LogP contribution < -0.4 is 20.1 Å². The number of halogens is 1. The highest BCUT2D eigenvalue weighted by Crippen LogP contribution is 2.35. The lowest BCUT2D eigenvalue weighted by Gasteiger charge is -2.27. The quantitative estimate of drug-likeness (QED) is 0.366. The molecule has 1 amide bonds. The average Bonchev–Trinajstić information content (AvgIpc) is 2.86. The molecule has 0 unspecified atom stereocenters. The molecule has 0 spiro atoms. The molecular formula is C25H28ClN5O4S. The van der Waals surface area contributed by atoms with E-state index in [0.29, 0.717) is 44.9 Å². The number of para-hydroxylation sites is 2. The number of hydrogen-bond donors (Lipinski definition) is 3. The molecule has 0 aliphatic carbocycles. The van der Waals surface area contributed by atoms with Gasteiger partial charge in [0, 0.05) is 24.8 Å². The standard InChI is InChI=1S/C25H28ClN5O4S/c1-35-23-11-10-17(25(32)31-12-6-3-7-13-31)14-21(23)29-24-22(15-18(26)16-27-24)28-19-8-4-5-9-20(19)30-36(2,33)34/h4-5,8-11,14-16,28,30H,3,6-7,12-13H2,1-2H3,(H,27,29). The van der Waals surface area contributed by atoms with Crippen LogP contribution in [0.4, 0.5) is 28.6 Å². The van der Waals surface area contributed by atoms with Crippen LogP contribution in [0.1, 0.15) is 29.6 Å². The van der Waals surface area contributed by atoms with Gasteiger partial charge in [-0.25, -0.2) is 13.4 Å². The zero-order chi connectivity index (χ0) is 25.7. The largest absolute Gasteiger partial charge is 0.495 e. The van der Waals surface area contributed by atoms with Crippen LogP contribution in [0.2, 0.25) is 5.02 Å². The summed E-state index contributed by atoms with van der Waals surface area (Å²) in [5, 5.41) is 6.82. The highest BCUT2D eigenvalue weighted by molar-refractivity contribution is 7.92. The lowest BCUT2D eigenvalue weighted by molar-refractivity contribution is 0.0724. The summed E-state index contributed by atoms with van der Waals surface area (Å²) in [5.74, 6) is 0.921. The fourth-order valence-electron chi connectivity index (χ4n) is 4.01. The van der Waals surface area contributed by atoms with Crippen LogP contribution in [-0.4, -0.2) is 50.7 Å². The molecule has 36 heavy (non-hydrogen) atoms. The van der Waals surface area contributed by atoms with E-state index in [1.54, 1.807) is 55.6 Å². The van der Waals surface area contributed by atoms with E-state index in [-0.39, 0.29) is 5.91 Å². The molecule has 3 aromatic rings. The van der Waals surface area contributed by atoms with Gasteiger partial charge in [0.2, 0.25) is 10.0 Å². The van der Waals surface area contributed by atoms with Gasteiger partial charge < -0.3 is 20.3 Å². The smallest absolute Gasteiger partial charge is 0.253 e. The van der Waals surface area contributed by atoms with Gasteiger partial charge in [-0.3, -0.25) is 9.52 Å². The first-order chi connectivity index (χ1) is 17.2. The molecule has 1 aliphatic rings. The summed E-state index contributed by atoms with van der Waals surface area (Å²) >= 11 is 6.23. The molecule has 0 saturated carbocycles. The number of rotatable bonds is 8. The Morgan fingerprint density at radius 1 is 0.972 bits per heavy atom. The van der Waals surface area contributed by atoms with E-state index in [2.05, 4.69) is 20.3 Å². The highest BCUT2D eigenvalue weighted by atomic mass is 35.5. The number of methoxy groups -OCH3 is 1. The molecule has 3 N–H and O–H groups in total. The third kappa shape index (κ3) is 6.38. The van der Waals surface area contributed by atoms with Crippen molar-refractivity contribution in [3.05, 3.63) is 65.3 Å². The summed E-state index contributed by atoms with van der Waals surface area (Å²) < 4.78 is 31.6. The third-order valence-electron chi connectivity index (χ3n) is 5.69. The number of pyridine rings is 1. The lowest BCUT2D eigenvalue weighted by atomic mass is 10.1. The first-order valence-electron chi connectivity index (χ1n) is 11.5. The fourth-order valence-corrected chi connectivity index (χ4v) is 4.74. The maximum atomic E-state index is 13.1. The number of nitrogens with zero attached hydrogens (tertiary/aromatic N) is 2. The van der Waals surface area contributed by atoms with Crippen LogP contribution in [-0.2, 0) is 10.0 Å². The van der Waals surface area contributed by atoms with Crippen LogP contribution in [0.15, 0.2) is 54.7 Å². The van der Waals surface area contributed by atoms with Gasteiger partial charge in [-0.05, 0) is 55.7 Å². The van der Waals surface area contributed by atoms with Crippen molar-refractivity contribution in [3.63, 3.8) is 0 Å². The number of anilines is 5. The Morgan fingerprint density at radius 2 is 1.69 bits per heavy atom. The second-order valence-corrected chi connectivity index (χ2v) is 10.7. The topological polar surface area (TPSA) is 113 Å². The van der Waals surface area contributed by atoms with Gasteiger partial charge in [0.05, 0.1) is 41.1 Å². The monoisotopic (exact) mass is 529 g/mol. The van der Waals surface area contributed by atoms with E-state index in [9.17, 15) is 13.2 Å². The molecule has 0 radical (unpaired) electrons. The third-order valence-corrected chi connectivity index (χ3v) is 6.49. The number of sulfonamides is 1. The van der Waals surface area contributed by atoms with E-state index >= 15 is 0 Å². The number of likely N-dealkylation sites (tertiary alicyclic amines) is 1. The van der Waals surface area contributed by atoms with Crippen LogP contribution in [0, 0.1) is 0 Å². The van der Waals surface area contributed by atoms with Crippen molar-refractivity contribution in [1.29, 1.82) is 0 Å². The molecule has 0 atom stereocenters.